The highest BCUT2D eigenvalue weighted by Gasteiger charge is 2.36. The summed E-state index contributed by atoms with van der Waals surface area (Å²) in [6.07, 6.45) is 3.06. The van der Waals surface area contributed by atoms with E-state index in [0.717, 1.165) is 17.7 Å². The predicted octanol–water partition coefficient (Wildman–Crippen LogP) is 5.68. The van der Waals surface area contributed by atoms with E-state index >= 15 is 0 Å². The predicted molar refractivity (Wildman–Crippen MR) is 129 cm³/mol. The topological polar surface area (TPSA) is 9.23 Å². The van der Waals surface area contributed by atoms with Crippen LogP contribution in [0.3, 0.4) is 0 Å². The van der Waals surface area contributed by atoms with Gasteiger partial charge >= 0.3 is 8.32 Å². The lowest BCUT2D eigenvalue weighted by atomic mass is 10.1. The van der Waals surface area contributed by atoms with Gasteiger partial charge in [-0.3, -0.25) is 0 Å². The number of rotatable bonds is 7. The molecule has 0 amide bonds. The van der Waals surface area contributed by atoms with E-state index in [-0.39, 0.29) is 0 Å². The van der Waals surface area contributed by atoms with Gasteiger partial charge in [0.25, 0.3) is 0 Å². The van der Waals surface area contributed by atoms with Crippen LogP contribution in [-0.2, 0) is 10.8 Å². The van der Waals surface area contributed by atoms with Crippen LogP contribution in [0.4, 0.5) is 0 Å². The number of benzene rings is 4. The number of hydrogen-bond donors (Lipinski definition) is 0. The van der Waals surface area contributed by atoms with E-state index in [2.05, 4.69) is 128 Å². The molecule has 30 heavy (non-hydrogen) atoms. The van der Waals surface area contributed by atoms with Crippen molar-refractivity contribution in [1.82, 2.24) is 0 Å². The maximum absolute atomic E-state index is 7.02. The first-order valence-electron chi connectivity index (χ1n) is 10.4. The molecule has 0 heterocycles. The smallest absolute Gasteiger partial charge is 0.311 e. The zero-order chi connectivity index (χ0) is 20.7. The summed E-state index contributed by atoms with van der Waals surface area (Å²) in [5, 5.41) is 2.52. The summed E-state index contributed by atoms with van der Waals surface area (Å²) in [5.41, 5.74) is 2.39. The van der Waals surface area contributed by atoms with Gasteiger partial charge < -0.3 is 4.43 Å². The molecule has 0 aliphatic heterocycles. The maximum atomic E-state index is 7.02. The fourth-order valence-electron chi connectivity index (χ4n) is 3.66. The molecule has 0 bridgehead atoms. The first-order chi connectivity index (χ1) is 14.8. The molecule has 148 valence electrons. The van der Waals surface area contributed by atoms with Crippen molar-refractivity contribution in [2.75, 3.05) is 0 Å². The summed E-state index contributed by atoms with van der Waals surface area (Å²) in [5.74, 6) is 0.946. The fraction of sp³-hybridized carbons (Fsp3) is 0.0714. The van der Waals surface area contributed by atoms with Crippen LogP contribution in [0.5, 0.6) is 0 Å². The third-order valence-electron chi connectivity index (χ3n) is 5.39. The average Bonchev–Trinajstić information content (AvgIpc) is 2.84. The Morgan fingerprint density at radius 1 is 0.633 bits per heavy atom. The molecule has 0 saturated heterocycles. The lowest BCUT2D eigenvalue weighted by molar-refractivity contribution is 0.525. The Labute approximate surface area is 180 Å². The van der Waals surface area contributed by atoms with Gasteiger partial charge in [0.05, 0.1) is 0 Å². The summed E-state index contributed by atoms with van der Waals surface area (Å²) in [7, 11) is -2.45. The minimum atomic E-state index is -2.45. The van der Waals surface area contributed by atoms with Crippen LogP contribution in [-0.4, -0.2) is 8.32 Å². The third kappa shape index (κ3) is 4.61. The first kappa shape index (κ1) is 19.9. The van der Waals surface area contributed by atoms with Crippen LogP contribution in [0.15, 0.2) is 127 Å². The lowest BCUT2D eigenvalue weighted by Crippen LogP contribution is -2.57. The molecule has 0 N–H and O–H groups in total. The van der Waals surface area contributed by atoms with E-state index in [1.54, 1.807) is 0 Å². The van der Waals surface area contributed by atoms with Crippen molar-refractivity contribution in [2.45, 2.75) is 13.0 Å². The molecule has 0 fully saturated rings. The Bertz CT molecular complexity index is 1040. The number of allylic oxidation sites excluding steroid dienone is 1. The zero-order valence-electron chi connectivity index (χ0n) is 17.2. The van der Waals surface area contributed by atoms with Crippen LogP contribution < -0.4 is 10.4 Å². The molecule has 0 aromatic heterocycles. The fourth-order valence-corrected chi connectivity index (χ4v) is 6.53. The van der Waals surface area contributed by atoms with Gasteiger partial charge in [-0.25, -0.2) is 0 Å². The molecule has 4 rings (SSSR count). The summed E-state index contributed by atoms with van der Waals surface area (Å²) < 4.78 is 7.02. The highest BCUT2D eigenvalue weighted by Crippen LogP contribution is 2.22. The highest BCUT2D eigenvalue weighted by atomic mass is 28.4. The van der Waals surface area contributed by atoms with Crippen molar-refractivity contribution < 1.29 is 4.43 Å². The second kappa shape index (κ2) is 9.42. The summed E-state index contributed by atoms with van der Waals surface area (Å²) in [6.45, 7) is 2.29. The van der Waals surface area contributed by atoms with Crippen molar-refractivity contribution in [2.24, 2.45) is 0 Å². The van der Waals surface area contributed by atoms with Gasteiger partial charge in [0, 0.05) is 5.56 Å². The molecule has 0 radical (unpaired) electrons. The van der Waals surface area contributed by atoms with Crippen LogP contribution in [0, 0.1) is 0 Å². The van der Waals surface area contributed by atoms with Gasteiger partial charge in [-0.1, -0.05) is 121 Å². The molecular weight excluding hydrogens is 380 g/mol. The quantitative estimate of drug-likeness (QED) is 0.283. The molecule has 2 heteroatoms. The second-order valence-corrected chi connectivity index (χ2v) is 10.9. The molecule has 0 aliphatic rings. The van der Waals surface area contributed by atoms with Crippen molar-refractivity contribution in [1.29, 1.82) is 0 Å². The summed E-state index contributed by atoms with van der Waals surface area (Å²) in [6, 6.07) is 42.3. The monoisotopic (exact) mass is 406 g/mol. The van der Waals surface area contributed by atoms with Crippen LogP contribution in [0.2, 0.25) is 6.55 Å². The van der Waals surface area contributed by atoms with Gasteiger partial charge in [-0.05, 0) is 35.0 Å². The molecule has 4 aromatic carbocycles. The van der Waals surface area contributed by atoms with E-state index in [1.165, 1.54) is 15.9 Å². The first-order valence-corrected chi connectivity index (χ1v) is 12.8. The Hall–Kier alpha value is -3.36. The van der Waals surface area contributed by atoms with Gasteiger partial charge in [-0.2, -0.15) is 0 Å². The van der Waals surface area contributed by atoms with E-state index < -0.39 is 8.32 Å². The van der Waals surface area contributed by atoms with Crippen LogP contribution in [0.1, 0.15) is 11.1 Å². The molecule has 0 aliphatic carbocycles. The minimum absolute atomic E-state index is 0.832. The molecule has 0 spiro atoms. The molecule has 0 saturated carbocycles. The van der Waals surface area contributed by atoms with E-state index in [1.807, 2.05) is 6.07 Å². The molecule has 0 atom stereocenters. The second-order valence-electron chi connectivity index (χ2n) is 7.49. The largest absolute Gasteiger partial charge is 0.535 e. The van der Waals surface area contributed by atoms with Crippen molar-refractivity contribution in [3.05, 3.63) is 139 Å². The SMILES string of the molecule is C[Si](O/C(=C\Cc1ccccc1)c1ccccc1)(c1ccccc1)c1ccccc1. The summed E-state index contributed by atoms with van der Waals surface area (Å²) >= 11 is 0. The normalized spacial score (nSPS) is 11.8. The third-order valence-corrected chi connectivity index (χ3v) is 8.89. The van der Waals surface area contributed by atoms with Gasteiger partial charge in [-0.15, -0.1) is 0 Å². The maximum Gasteiger partial charge on any atom is 0.311 e. The van der Waals surface area contributed by atoms with E-state index in [9.17, 15) is 0 Å². The van der Waals surface area contributed by atoms with Gasteiger partial charge in [0.15, 0.2) is 0 Å². The Kier molecular flexibility index (Phi) is 6.26. The Morgan fingerprint density at radius 3 is 1.57 bits per heavy atom. The van der Waals surface area contributed by atoms with E-state index in [0.29, 0.717) is 0 Å². The standard InChI is InChI=1S/C28H26OSi/c1-30(26-18-10-4-11-19-26,27-20-12-5-13-21-27)29-28(25-16-8-3-9-17-25)23-22-24-14-6-2-7-15-24/h2-21,23H,22H2,1H3/b28-23-. The van der Waals surface area contributed by atoms with Crippen LogP contribution >= 0.6 is 0 Å². The van der Waals surface area contributed by atoms with Crippen molar-refractivity contribution >= 4 is 24.5 Å². The molecule has 1 nitrogen and oxygen atoms in total. The van der Waals surface area contributed by atoms with E-state index in [4.69, 9.17) is 4.43 Å². The lowest BCUT2D eigenvalue weighted by Gasteiger charge is -2.31. The zero-order valence-corrected chi connectivity index (χ0v) is 18.2. The van der Waals surface area contributed by atoms with Gasteiger partial charge in [0.1, 0.15) is 5.76 Å². The number of hydrogen-bond acceptors (Lipinski definition) is 1. The molecule has 0 unspecified atom stereocenters. The Morgan fingerprint density at radius 2 is 1.07 bits per heavy atom. The molecular formula is C28H26OSi. The van der Waals surface area contributed by atoms with Crippen LogP contribution in [0.25, 0.3) is 5.76 Å². The minimum Gasteiger partial charge on any atom is -0.535 e. The average molecular weight is 407 g/mol. The van der Waals surface area contributed by atoms with Gasteiger partial charge in [0.2, 0.25) is 0 Å². The van der Waals surface area contributed by atoms with Crippen molar-refractivity contribution in [3.63, 3.8) is 0 Å². The van der Waals surface area contributed by atoms with Crippen molar-refractivity contribution in [3.8, 4) is 0 Å². The Balaban J connectivity index is 1.77. The highest BCUT2D eigenvalue weighted by molar-refractivity contribution is 6.97. The summed E-state index contributed by atoms with van der Waals surface area (Å²) in [4.78, 5) is 0. The molecule has 4 aromatic rings.